The minimum atomic E-state index is -3.80. The molecular formula is C18H19FN2O3S. The molecule has 1 amide bonds. The average molecular weight is 362 g/mol. The molecule has 0 radical (unpaired) electrons. The largest absolute Gasteiger partial charge is 0.349 e. The lowest BCUT2D eigenvalue weighted by Crippen LogP contribution is -2.32. The van der Waals surface area contributed by atoms with Crippen molar-refractivity contribution < 1.29 is 17.6 Å². The van der Waals surface area contributed by atoms with Crippen molar-refractivity contribution in [3.8, 4) is 0 Å². The zero-order chi connectivity index (χ0) is 17.9. The van der Waals surface area contributed by atoms with E-state index in [1.165, 1.54) is 48.5 Å². The molecule has 2 aromatic carbocycles. The summed E-state index contributed by atoms with van der Waals surface area (Å²) < 4.78 is 39.9. The maximum Gasteiger partial charge on any atom is 0.261 e. The fourth-order valence-corrected chi connectivity index (χ4v) is 3.91. The van der Waals surface area contributed by atoms with E-state index in [2.05, 4.69) is 10.0 Å². The third-order valence-corrected chi connectivity index (χ3v) is 5.61. The minimum absolute atomic E-state index is 0.0363. The summed E-state index contributed by atoms with van der Waals surface area (Å²) in [5.74, 6) is -0.636. The molecule has 1 fully saturated rings. The highest BCUT2D eigenvalue weighted by molar-refractivity contribution is 7.92. The van der Waals surface area contributed by atoms with Crippen molar-refractivity contribution in [3.05, 3.63) is 59.9 Å². The SMILES string of the molecule is O=C(NC1CCCC1)c1ccc(S(=O)(=O)Nc2ccc(F)cc2)cc1. The maximum atomic E-state index is 12.9. The van der Waals surface area contributed by atoms with Gasteiger partial charge in [-0.1, -0.05) is 12.8 Å². The number of carbonyl (C=O) groups is 1. The molecule has 0 spiro atoms. The summed E-state index contributed by atoms with van der Waals surface area (Å²) >= 11 is 0. The number of hydrogen-bond acceptors (Lipinski definition) is 3. The lowest BCUT2D eigenvalue weighted by Gasteiger charge is -2.12. The van der Waals surface area contributed by atoms with Gasteiger partial charge in [-0.25, -0.2) is 12.8 Å². The van der Waals surface area contributed by atoms with Gasteiger partial charge >= 0.3 is 0 Å². The maximum absolute atomic E-state index is 12.9. The van der Waals surface area contributed by atoms with E-state index >= 15 is 0 Å². The predicted octanol–water partition coefficient (Wildman–Crippen LogP) is 3.30. The van der Waals surface area contributed by atoms with Crippen LogP contribution in [0.4, 0.5) is 10.1 Å². The zero-order valence-corrected chi connectivity index (χ0v) is 14.4. The van der Waals surface area contributed by atoms with Gasteiger partial charge in [0.15, 0.2) is 0 Å². The monoisotopic (exact) mass is 362 g/mol. The molecule has 3 rings (SSSR count). The Morgan fingerprint density at radius 3 is 2.16 bits per heavy atom. The Morgan fingerprint density at radius 2 is 1.56 bits per heavy atom. The van der Waals surface area contributed by atoms with Crippen molar-refractivity contribution in [1.29, 1.82) is 0 Å². The number of benzene rings is 2. The quantitative estimate of drug-likeness (QED) is 0.857. The second-order valence-electron chi connectivity index (χ2n) is 6.09. The summed E-state index contributed by atoms with van der Waals surface area (Å²) in [6, 6.07) is 11.0. The van der Waals surface area contributed by atoms with Crippen molar-refractivity contribution in [3.63, 3.8) is 0 Å². The molecule has 1 aliphatic carbocycles. The van der Waals surface area contributed by atoms with E-state index < -0.39 is 15.8 Å². The molecule has 2 N–H and O–H groups in total. The van der Waals surface area contributed by atoms with E-state index in [0.29, 0.717) is 5.56 Å². The number of rotatable bonds is 5. The molecule has 0 aromatic heterocycles. The molecule has 0 heterocycles. The van der Waals surface area contributed by atoms with E-state index in [9.17, 15) is 17.6 Å². The van der Waals surface area contributed by atoms with Crippen LogP contribution in [-0.2, 0) is 10.0 Å². The first-order chi connectivity index (χ1) is 11.9. The lowest BCUT2D eigenvalue weighted by atomic mass is 10.2. The number of halogens is 1. The van der Waals surface area contributed by atoms with Crippen LogP contribution in [0.5, 0.6) is 0 Å². The number of nitrogens with one attached hydrogen (secondary N) is 2. The molecule has 25 heavy (non-hydrogen) atoms. The molecule has 0 unspecified atom stereocenters. The van der Waals surface area contributed by atoms with Crippen LogP contribution in [0.25, 0.3) is 0 Å². The summed E-state index contributed by atoms with van der Waals surface area (Å²) in [5, 5.41) is 2.96. The first-order valence-corrected chi connectivity index (χ1v) is 9.62. The second-order valence-corrected chi connectivity index (χ2v) is 7.77. The molecule has 7 heteroatoms. The van der Waals surface area contributed by atoms with Crippen molar-refractivity contribution in [2.24, 2.45) is 0 Å². The smallest absolute Gasteiger partial charge is 0.261 e. The predicted molar refractivity (Wildman–Crippen MR) is 93.4 cm³/mol. The van der Waals surface area contributed by atoms with Crippen LogP contribution in [0, 0.1) is 5.82 Å². The highest BCUT2D eigenvalue weighted by Gasteiger charge is 2.19. The number of sulfonamides is 1. The summed E-state index contributed by atoms with van der Waals surface area (Å²) in [6.45, 7) is 0. The number of anilines is 1. The van der Waals surface area contributed by atoms with E-state index in [-0.39, 0.29) is 22.5 Å². The van der Waals surface area contributed by atoms with E-state index in [1.54, 1.807) is 0 Å². The number of carbonyl (C=O) groups excluding carboxylic acids is 1. The second kappa shape index (κ2) is 7.23. The molecule has 5 nitrogen and oxygen atoms in total. The van der Waals surface area contributed by atoms with Gasteiger partial charge in [-0.2, -0.15) is 0 Å². The van der Waals surface area contributed by atoms with Crippen molar-refractivity contribution in [2.75, 3.05) is 4.72 Å². The van der Waals surface area contributed by atoms with Crippen LogP contribution in [-0.4, -0.2) is 20.4 Å². The Bertz CT molecular complexity index is 843. The molecule has 0 bridgehead atoms. The highest BCUT2D eigenvalue weighted by Crippen LogP contribution is 2.19. The number of hydrogen-bond donors (Lipinski definition) is 2. The summed E-state index contributed by atoms with van der Waals surface area (Å²) in [7, 11) is -3.80. The molecule has 0 atom stereocenters. The van der Waals surface area contributed by atoms with Crippen LogP contribution in [0.15, 0.2) is 53.4 Å². The molecule has 132 valence electrons. The fourth-order valence-electron chi connectivity index (χ4n) is 2.86. The van der Waals surface area contributed by atoms with Crippen molar-refractivity contribution >= 4 is 21.6 Å². The molecule has 1 saturated carbocycles. The first kappa shape index (κ1) is 17.4. The third kappa shape index (κ3) is 4.36. The third-order valence-electron chi connectivity index (χ3n) is 4.21. The van der Waals surface area contributed by atoms with E-state index in [1.807, 2.05) is 0 Å². The van der Waals surface area contributed by atoms with Crippen LogP contribution < -0.4 is 10.0 Å². The standard InChI is InChI=1S/C18H19FN2O3S/c19-14-7-9-16(10-8-14)21-25(23,24)17-11-5-13(6-12-17)18(22)20-15-3-1-2-4-15/h5-12,15,21H,1-4H2,(H,20,22). The first-order valence-electron chi connectivity index (χ1n) is 8.13. The van der Waals surface area contributed by atoms with Crippen LogP contribution in [0.2, 0.25) is 0 Å². The number of amides is 1. The van der Waals surface area contributed by atoms with Crippen LogP contribution in [0.1, 0.15) is 36.0 Å². The Kier molecular flexibility index (Phi) is 5.03. The van der Waals surface area contributed by atoms with Gasteiger partial charge < -0.3 is 5.32 Å². The molecule has 0 aliphatic heterocycles. The van der Waals surface area contributed by atoms with Crippen molar-refractivity contribution in [2.45, 2.75) is 36.6 Å². The summed E-state index contributed by atoms with van der Waals surface area (Å²) in [6.07, 6.45) is 4.22. The van der Waals surface area contributed by atoms with Gasteiger partial charge in [-0.05, 0) is 61.4 Å². The van der Waals surface area contributed by atoms with Gasteiger partial charge in [0.05, 0.1) is 4.90 Å². The topological polar surface area (TPSA) is 75.3 Å². The fraction of sp³-hybridized carbons (Fsp3) is 0.278. The lowest BCUT2D eigenvalue weighted by molar-refractivity contribution is 0.0938. The van der Waals surface area contributed by atoms with Crippen LogP contribution >= 0.6 is 0 Å². The molecule has 0 saturated heterocycles. The van der Waals surface area contributed by atoms with Gasteiger partial charge in [0.25, 0.3) is 15.9 Å². The van der Waals surface area contributed by atoms with Crippen molar-refractivity contribution in [1.82, 2.24) is 5.32 Å². The van der Waals surface area contributed by atoms with Gasteiger partial charge in [-0.3, -0.25) is 9.52 Å². The van der Waals surface area contributed by atoms with Gasteiger partial charge in [0, 0.05) is 17.3 Å². The van der Waals surface area contributed by atoms with Gasteiger partial charge in [0.1, 0.15) is 5.82 Å². The Labute approximate surface area is 146 Å². The van der Waals surface area contributed by atoms with Crippen LogP contribution in [0.3, 0.4) is 0 Å². The molecule has 1 aliphatic rings. The normalized spacial score (nSPS) is 15.1. The van der Waals surface area contributed by atoms with Gasteiger partial charge in [-0.15, -0.1) is 0 Å². The summed E-state index contributed by atoms with van der Waals surface area (Å²) in [4.78, 5) is 12.2. The summed E-state index contributed by atoms with van der Waals surface area (Å²) in [5.41, 5.74) is 0.692. The Morgan fingerprint density at radius 1 is 0.960 bits per heavy atom. The van der Waals surface area contributed by atoms with Gasteiger partial charge in [0.2, 0.25) is 0 Å². The molecule has 2 aromatic rings. The van der Waals surface area contributed by atoms with E-state index in [0.717, 1.165) is 25.7 Å². The zero-order valence-electron chi connectivity index (χ0n) is 13.5. The minimum Gasteiger partial charge on any atom is -0.349 e. The molecular weight excluding hydrogens is 343 g/mol. The Hall–Kier alpha value is -2.41. The van der Waals surface area contributed by atoms with E-state index in [4.69, 9.17) is 0 Å². The average Bonchev–Trinajstić information content (AvgIpc) is 3.10. The highest BCUT2D eigenvalue weighted by atomic mass is 32.2. The Balaban J connectivity index is 1.69.